The highest BCUT2D eigenvalue weighted by Gasteiger charge is 2.31. The Morgan fingerprint density at radius 1 is 1.29 bits per heavy atom. The molecule has 78 valence electrons. The first kappa shape index (κ1) is 11.1. The SMILES string of the molecule is Cc1ccc(CC(O)C(C)(F)F)cc1. The van der Waals surface area contributed by atoms with Crippen molar-refractivity contribution in [2.75, 3.05) is 0 Å². The van der Waals surface area contributed by atoms with Crippen LogP contribution in [-0.2, 0) is 6.42 Å². The van der Waals surface area contributed by atoms with Gasteiger partial charge in [-0.1, -0.05) is 29.8 Å². The van der Waals surface area contributed by atoms with Crippen molar-refractivity contribution >= 4 is 0 Å². The Kier molecular flexibility index (Phi) is 3.21. The molecule has 1 N–H and O–H groups in total. The number of rotatable bonds is 3. The number of hydrogen-bond acceptors (Lipinski definition) is 1. The highest BCUT2D eigenvalue weighted by Crippen LogP contribution is 2.20. The van der Waals surface area contributed by atoms with Crippen molar-refractivity contribution in [1.82, 2.24) is 0 Å². The molecule has 0 bridgehead atoms. The topological polar surface area (TPSA) is 20.2 Å². The van der Waals surface area contributed by atoms with Gasteiger partial charge in [0.1, 0.15) is 6.10 Å². The molecule has 1 aromatic rings. The fourth-order valence-electron chi connectivity index (χ4n) is 1.13. The summed E-state index contributed by atoms with van der Waals surface area (Å²) in [6.45, 7) is 2.65. The lowest BCUT2D eigenvalue weighted by Crippen LogP contribution is -2.31. The summed E-state index contributed by atoms with van der Waals surface area (Å²) in [7, 11) is 0. The Labute approximate surface area is 82.4 Å². The van der Waals surface area contributed by atoms with Crippen LogP contribution in [0.4, 0.5) is 8.78 Å². The number of alkyl halides is 2. The smallest absolute Gasteiger partial charge is 0.271 e. The molecule has 0 fully saturated rings. The van der Waals surface area contributed by atoms with Crippen molar-refractivity contribution in [3.05, 3.63) is 35.4 Å². The molecule has 0 heterocycles. The van der Waals surface area contributed by atoms with Gasteiger partial charge in [0.25, 0.3) is 5.92 Å². The van der Waals surface area contributed by atoms with E-state index >= 15 is 0 Å². The van der Waals surface area contributed by atoms with E-state index in [1.54, 1.807) is 12.1 Å². The average Bonchev–Trinajstić information content (AvgIpc) is 2.07. The van der Waals surface area contributed by atoms with E-state index in [0.717, 1.165) is 18.1 Å². The van der Waals surface area contributed by atoms with Gasteiger partial charge in [0.05, 0.1) is 0 Å². The predicted octanol–water partition coefficient (Wildman–Crippen LogP) is 2.55. The maximum absolute atomic E-state index is 12.6. The fraction of sp³-hybridized carbons (Fsp3) is 0.455. The molecule has 0 aromatic heterocycles. The second kappa shape index (κ2) is 4.05. The molecule has 1 aromatic carbocycles. The van der Waals surface area contributed by atoms with E-state index in [9.17, 15) is 8.78 Å². The molecular formula is C11H14F2O. The molecule has 0 radical (unpaired) electrons. The average molecular weight is 200 g/mol. The summed E-state index contributed by atoms with van der Waals surface area (Å²) >= 11 is 0. The molecule has 3 heteroatoms. The zero-order valence-electron chi connectivity index (χ0n) is 8.30. The highest BCUT2D eigenvalue weighted by molar-refractivity contribution is 5.22. The number of aryl methyl sites for hydroxylation is 1. The van der Waals surface area contributed by atoms with Gasteiger partial charge < -0.3 is 5.11 Å². The van der Waals surface area contributed by atoms with Crippen LogP contribution in [0.15, 0.2) is 24.3 Å². The van der Waals surface area contributed by atoms with E-state index in [2.05, 4.69) is 0 Å². The van der Waals surface area contributed by atoms with Gasteiger partial charge in [-0.2, -0.15) is 0 Å². The Morgan fingerprint density at radius 2 is 1.79 bits per heavy atom. The van der Waals surface area contributed by atoms with Crippen LogP contribution in [0.3, 0.4) is 0 Å². The van der Waals surface area contributed by atoms with E-state index in [-0.39, 0.29) is 6.42 Å². The van der Waals surface area contributed by atoms with Gasteiger partial charge in [-0.25, -0.2) is 8.78 Å². The van der Waals surface area contributed by atoms with Crippen LogP contribution < -0.4 is 0 Å². The third kappa shape index (κ3) is 3.07. The minimum atomic E-state index is -3.04. The van der Waals surface area contributed by atoms with Crippen LogP contribution in [0.1, 0.15) is 18.1 Å². The lowest BCUT2D eigenvalue weighted by atomic mass is 10.0. The van der Waals surface area contributed by atoms with Crippen molar-refractivity contribution in [3.63, 3.8) is 0 Å². The summed E-state index contributed by atoms with van der Waals surface area (Å²) in [4.78, 5) is 0. The summed E-state index contributed by atoms with van der Waals surface area (Å²) in [5.41, 5.74) is 1.80. The first-order chi connectivity index (χ1) is 6.39. The lowest BCUT2D eigenvalue weighted by Gasteiger charge is -2.17. The van der Waals surface area contributed by atoms with Gasteiger partial charge in [0.15, 0.2) is 0 Å². The summed E-state index contributed by atoms with van der Waals surface area (Å²) in [5, 5.41) is 9.16. The van der Waals surface area contributed by atoms with Crippen LogP contribution in [0.25, 0.3) is 0 Å². The molecule has 14 heavy (non-hydrogen) atoms. The molecule has 0 saturated heterocycles. The van der Waals surface area contributed by atoms with E-state index in [0.29, 0.717) is 0 Å². The summed E-state index contributed by atoms with van der Waals surface area (Å²) in [5.74, 6) is -3.04. The van der Waals surface area contributed by atoms with E-state index < -0.39 is 12.0 Å². The molecule has 1 rings (SSSR count). The van der Waals surface area contributed by atoms with Crippen LogP contribution in [-0.4, -0.2) is 17.1 Å². The minimum absolute atomic E-state index is 0.0101. The summed E-state index contributed by atoms with van der Waals surface area (Å²) in [6.07, 6.45) is -1.62. The molecular weight excluding hydrogens is 186 g/mol. The zero-order chi connectivity index (χ0) is 10.8. The van der Waals surface area contributed by atoms with Crippen LogP contribution in [0.5, 0.6) is 0 Å². The normalized spacial score (nSPS) is 14.1. The van der Waals surface area contributed by atoms with Gasteiger partial charge >= 0.3 is 0 Å². The number of aliphatic hydroxyl groups is 1. The van der Waals surface area contributed by atoms with Crippen molar-refractivity contribution in [2.45, 2.75) is 32.3 Å². The van der Waals surface area contributed by atoms with Crippen molar-refractivity contribution < 1.29 is 13.9 Å². The van der Waals surface area contributed by atoms with Crippen LogP contribution >= 0.6 is 0 Å². The number of aliphatic hydroxyl groups excluding tert-OH is 1. The predicted molar refractivity (Wildman–Crippen MR) is 51.5 cm³/mol. The molecule has 0 amide bonds. The third-order valence-electron chi connectivity index (χ3n) is 2.13. The van der Waals surface area contributed by atoms with Gasteiger partial charge in [-0.15, -0.1) is 0 Å². The minimum Gasteiger partial charge on any atom is -0.387 e. The van der Waals surface area contributed by atoms with Crippen molar-refractivity contribution in [1.29, 1.82) is 0 Å². The first-order valence-corrected chi connectivity index (χ1v) is 4.51. The molecule has 1 atom stereocenters. The molecule has 1 nitrogen and oxygen atoms in total. The fourth-order valence-corrected chi connectivity index (χ4v) is 1.13. The Hall–Kier alpha value is -0.960. The van der Waals surface area contributed by atoms with E-state index in [1.165, 1.54) is 0 Å². The van der Waals surface area contributed by atoms with E-state index in [4.69, 9.17) is 5.11 Å². The Balaban J connectivity index is 2.65. The summed E-state index contributed by atoms with van der Waals surface area (Å²) < 4.78 is 25.3. The zero-order valence-corrected chi connectivity index (χ0v) is 8.30. The Morgan fingerprint density at radius 3 is 2.21 bits per heavy atom. The quantitative estimate of drug-likeness (QED) is 0.795. The summed E-state index contributed by atoms with van der Waals surface area (Å²) in [6, 6.07) is 7.19. The second-order valence-electron chi connectivity index (χ2n) is 3.66. The van der Waals surface area contributed by atoms with Gasteiger partial charge in [0, 0.05) is 13.3 Å². The van der Waals surface area contributed by atoms with Crippen molar-refractivity contribution in [2.24, 2.45) is 0 Å². The molecule has 0 aliphatic rings. The van der Waals surface area contributed by atoms with Gasteiger partial charge in [0.2, 0.25) is 0 Å². The number of benzene rings is 1. The van der Waals surface area contributed by atoms with Crippen LogP contribution in [0, 0.1) is 6.92 Å². The van der Waals surface area contributed by atoms with Gasteiger partial charge in [-0.3, -0.25) is 0 Å². The van der Waals surface area contributed by atoms with Crippen LogP contribution in [0.2, 0.25) is 0 Å². The monoisotopic (exact) mass is 200 g/mol. The first-order valence-electron chi connectivity index (χ1n) is 4.51. The largest absolute Gasteiger partial charge is 0.387 e. The number of halogens is 2. The maximum Gasteiger partial charge on any atom is 0.271 e. The van der Waals surface area contributed by atoms with E-state index in [1.807, 2.05) is 19.1 Å². The Bertz CT molecular complexity index is 287. The molecule has 0 spiro atoms. The number of hydrogen-bond donors (Lipinski definition) is 1. The maximum atomic E-state index is 12.6. The second-order valence-corrected chi connectivity index (χ2v) is 3.66. The highest BCUT2D eigenvalue weighted by atomic mass is 19.3. The molecule has 0 saturated carbocycles. The lowest BCUT2D eigenvalue weighted by molar-refractivity contribution is -0.0921. The third-order valence-corrected chi connectivity index (χ3v) is 2.13. The molecule has 0 aliphatic carbocycles. The standard InChI is InChI=1S/C11H14F2O/c1-8-3-5-9(6-4-8)7-10(14)11(2,12)13/h3-6,10,14H,7H2,1-2H3. The van der Waals surface area contributed by atoms with Crippen molar-refractivity contribution in [3.8, 4) is 0 Å². The molecule has 1 unspecified atom stereocenters. The van der Waals surface area contributed by atoms with Gasteiger partial charge in [-0.05, 0) is 12.5 Å². The molecule has 0 aliphatic heterocycles.